The molecule has 1 N–H and O–H groups in total. The van der Waals surface area contributed by atoms with Crippen LogP contribution in [0.5, 0.6) is 0 Å². The van der Waals surface area contributed by atoms with Crippen LogP contribution in [0.15, 0.2) is 0 Å². The maximum absolute atomic E-state index is 11.7. The summed E-state index contributed by atoms with van der Waals surface area (Å²) >= 11 is 5.86. The van der Waals surface area contributed by atoms with Gasteiger partial charge in [-0.1, -0.05) is 11.6 Å². The lowest BCUT2D eigenvalue weighted by atomic mass is 10.2. The molecule has 1 aromatic rings. The van der Waals surface area contributed by atoms with Crippen LogP contribution in [0.1, 0.15) is 24.0 Å². The Morgan fingerprint density at radius 2 is 2.06 bits per heavy atom. The summed E-state index contributed by atoms with van der Waals surface area (Å²) in [5, 5.41) is 10.9. The van der Waals surface area contributed by atoms with E-state index in [0.717, 1.165) is 17.5 Å². The molecule has 0 amide bonds. The first kappa shape index (κ1) is 13.5. The predicted octanol–water partition coefficient (Wildman–Crippen LogP) is 1.74. The van der Waals surface area contributed by atoms with Crippen molar-refractivity contribution in [1.29, 1.82) is 0 Å². The Labute approximate surface area is 112 Å². The van der Waals surface area contributed by atoms with Gasteiger partial charge in [0.15, 0.2) is 20.8 Å². The van der Waals surface area contributed by atoms with Crippen LogP contribution in [0, 0.1) is 13.8 Å². The monoisotopic (exact) mass is 289 g/mol. The zero-order chi connectivity index (χ0) is 13.3. The van der Waals surface area contributed by atoms with Crippen LogP contribution in [-0.2, 0) is 9.84 Å². The number of anilines is 1. The first-order valence-corrected chi connectivity index (χ1v) is 7.96. The van der Waals surface area contributed by atoms with E-state index >= 15 is 0 Å². The molecule has 1 atom stereocenters. The molecule has 100 valence electrons. The van der Waals surface area contributed by atoms with Gasteiger partial charge >= 0.3 is 0 Å². The summed E-state index contributed by atoms with van der Waals surface area (Å²) in [4.78, 5) is 0. The third-order valence-electron chi connectivity index (χ3n) is 3.42. The van der Waals surface area contributed by atoms with E-state index in [1.165, 1.54) is 0 Å². The molecule has 0 aliphatic carbocycles. The van der Waals surface area contributed by atoms with Gasteiger partial charge in [-0.3, -0.25) is 0 Å². The molecule has 0 aromatic carbocycles. The van der Waals surface area contributed by atoms with Gasteiger partial charge < -0.3 is 5.32 Å². The van der Waals surface area contributed by atoms with Gasteiger partial charge in [0.1, 0.15) is 0 Å². The van der Waals surface area contributed by atoms with Crippen molar-refractivity contribution in [3.63, 3.8) is 0 Å². The SMILES string of the molecule is Cc1c(Cl)nnc(NCC2CCCS2(=O)=O)c1C. The fraction of sp³-hybridized carbons (Fsp3) is 0.636. The van der Waals surface area contributed by atoms with Crippen molar-refractivity contribution in [3.8, 4) is 0 Å². The maximum Gasteiger partial charge on any atom is 0.155 e. The Balaban J connectivity index is 2.10. The number of aromatic nitrogens is 2. The lowest BCUT2D eigenvalue weighted by Crippen LogP contribution is -2.25. The van der Waals surface area contributed by atoms with Gasteiger partial charge in [-0.15, -0.1) is 10.2 Å². The predicted molar refractivity (Wildman–Crippen MR) is 71.8 cm³/mol. The summed E-state index contributed by atoms with van der Waals surface area (Å²) in [5.41, 5.74) is 1.77. The topological polar surface area (TPSA) is 72.0 Å². The van der Waals surface area contributed by atoms with Crippen LogP contribution in [0.3, 0.4) is 0 Å². The Morgan fingerprint density at radius 1 is 1.33 bits per heavy atom. The average Bonchev–Trinajstić information content (AvgIpc) is 2.65. The number of nitrogens with one attached hydrogen (secondary N) is 1. The summed E-state index contributed by atoms with van der Waals surface area (Å²) in [6, 6.07) is 0. The zero-order valence-corrected chi connectivity index (χ0v) is 12.0. The Morgan fingerprint density at radius 3 is 2.67 bits per heavy atom. The van der Waals surface area contributed by atoms with Crippen LogP contribution in [0.25, 0.3) is 0 Å². The van der Waals surface area contributed by atoms with Crippen molar-refractivity contribution in [2.45, 2.75) is 31.9 Å². The number of rotatable bonds is 3. The van der Waals surface area contributed by atoms with E-state index < -0.39 is 9.84 Å². The Kier molecular flexibility index (Phi) is 3.77. The zero-order valence-electron chi connectivity index (χ0n) is 10.4. The molecule has 18 heavy (non-hydrogen) atoms. The minimum absolute atomic E-state index is 0.295. The summed E-state index contributed by atoms with van der Waals surface area (Å²) in [6.45, 7) is 4.14. The van der Waals surface area contributed by atoms with Crippen molar-refractivity contribution in [2.75, 3.05) is 17.6 Å². The molecule has 7 heteroatoms. The van der Waals surface area contributed by atoms with Crippen molar-refractivity contribution >= 4 is 27.3 Å². The van der Waals surface area contributed by atoms with E-state index in [-0.39, 0.29) is 5.25 Å². The van der Waals surface area contributed by atoms with Crippen LogP contribution >= 0.6 is 11.6 Å². The molecular formula is C11H16ClN3O2S. The minimum Gasteiger partial charge on any atom is -0.367 e. The van der Waals surface area contributed by atoms with Crippen molar-refractivity contribution < 1.29 is 8.42 Å². The largest absolute Gasteiger partial charge is 0.367 e. The van der Waals surface area contributed by atoms with Gasteiger partial charge in [0.05, 0.1) is 11.0 Å². The standard InChI is InChI=1S/C11H16ClN3O2S/c1-7-8(2)11(15-14-10(7)12)13-6-9-4-3-5-18(9,16)17/h9H,3-6H2,1-2H3,(H,13,15). The second kappa shape index (κ2) is 5.01. The van der Waals surface area contributed by atoms with Crippen molar-refractivity contribution in [1.82, 2.24) is 10.2 Å². The van der Waals surface area contributed by atoms with E-state index in [9.17, 15) is 8.42 Å². The second-order valence-electron chi connectivity index (χ2n) is 4.60. The molecule has 0 spiro atoms. The highest BCUT2D eigenvalue weighted by molar-refractivity contribution is 7.92. The molecule has 0 bridgehead atoms. The molecule has 1 aromatic heterocycles. The van der Waals surface area contributed by atoms with Gasteiger partial charge in [0, 0.05) is 6.54 Å². The highest BCUT2D eigenvalue weighted by Crippen LogP contribution is 2.23. The maximum atomic E-state index is 11.7. The molecule has 1 aliphatic heterocycles. The molecule has 1 fully saturated rings. The molecule has 1 aliphatic rings. The molecule has 2 rings (SSSR count). The van der Waals surface area contributed by atoms with E-state index in [1.54, 1.807) is 0 Å². The molecule has 1 saturated heterocycles. The van der Waals surface area contributed by atoms with Crippen LogP contribution in [0.2, 0.25) is 5.15 Å². The summed E-state index contributed by atoms with van der Waals surface area (Å²) < 4.78 is 23.4. The summed E-state index contributed by atoms with van der Waals surface area (Å²) in [7, 11) is -2.93. The fourth-order valence-corrected chi connectivity index (χ4v) is 3.99. The number of nitrogens with zero attached hydrogens (tertiary/aromatic N) is 2. The van der Waals surface area contributed by atoms with Gasteiger partial charge in [-0.2, -0.15) is 0 Å². The van der Waals surface area contributed by atoms with Crippen LogP contribution in [0.4, 0.5) is 5.82 Å². The van der Waals surface area contributed by atoms with Crippen LogP contribution < -0.4 is 5.32 Å². The second-order valence-corrected chi connectivity index (χ2v) is 7.36. The minimum atomic E-state index is -2.93. The number of hydrogen-bond acceptors (Lipinski definition) is 5. The highest BCUT2D eigenvalue weighted by atomic mass is 35.5. The van der Waals surface area contributed by atoms with Gasteiger partial charge in [-0.25, -0.2) is 8.42 Å². The molecule has 2 heterocycles. The number of halogens is 1. The number of hydrogen-bond donors (Lipinski definition) is 1. The van der Waals surface area contributed by atoms with E-state index in [1.807, 2.05) is 13.8 Å². The normalized spacial score (nSPS) is 22.1. The van der Waals surface area contributed by atoms with Gasteiger partial charge in [0.2, 0.25) is 0 Å². The first-order chi connectivity index (χ1) is 8.42. The Hall–Kier alpha value is -0.880. The lowest BCUT2D eigenvalue weighted by molar-refractivity contribution is 0.591. The molecule has 5 nitrogen and oxygen atoms in total. The summed E-state index contributed by atoms with van der Waals surface area (Å²) in [6.07, 6.45) is 1.47. The first-order valence-electron chi connectivity index (χ1n) is 5.86. The molecule has 0 radical (unpaired) electrons. The Bertz CT molecular complexity index is 560. The third-order valence-corrected chi connectivity index (χ3v) is 6.06. The fourth-order valence-electron chi connectivity index (χ4n) is 2.04. The van der Waals surface area contributed by atoms with Crippen LogP contribution in [-0.4, -0.2) is 36.2 Å². The highest BCUT2D eigenvalue weighted by Gasteiger charge is 2.31. The smallest absolute Gasteiger partial charge is 0.155 e. The molecule has 1 unspecified atom stereocenters. The van der Waals surface area contributed by atoms with Gasteiger partial charge in [0.25, 0.3) is 0 Å². The molecular weight excluding hydrogens is 274 g/mol. The van der Waals surface area contributed by atoms with E-state index in [2.05, 4.69) is 15.5 Å². The van der Waals surface area contributed by atoms with Crippen molar-refractivity contribution in [3.05, 3.63) is 16.3 Å². The molecule has 0 saturated carbocycles. The summed E-state index contributed by atoms with van der Waals surface area (Å²) in [5.74, 6) is 0.905. The third kappa shape index (κ3) is 2.59. The average molecular weight is 290 g/mol. The quantitative estimate of drug-likeness (QED) is 0.917. The van der Waals surface area contributed by atoms with E-state index in [0.29, 0.717) is 29.7 Å². The van der Waals surface area contributed by atoms with Crippen molar-refractivity contribution in [2.24, 2.45) is 0 Å². The van der Waals surface area contributed by atoms with Gasteiger partial charge in [-0.05, 0) is 37.8 Å². The van der Waals surface area contributed by atoms with E-state index in [4.69, 9.17) is 11.6 Å². The number of sulfone groups is 1. The lowest BCUT2D eigenvalue weighted by Gasteiger charge is -2.13.